The lowest BCUT2D eigenvalue weighted by Crippen LogP contribution is -2.44. The first kappa shape index (κ1) is 11.7. The summed E-state index contributed by atoms with van der Waals surface area (Å²) in [6.07, 6.45) is 8.95. The lowest BCUT2D eigenvalue weighted by atomic mass is 9.50. The van der Waals surface area contributed by atoms with Gasteiger partial charge in [0.1, 0.15) is 0 Å². The van der Waals surface area contributed by atoms with Gasteiger partial charge in [-0.1, -0.05) is 0 Å². The summed E-state index contributed by atoms with van der Waals surface area (Å²) in [6, 6.07) is 2.13. The van der Waals surface area contributed by atoms with Gasteiger partial charge in [-0.2, -0.15) is 0 Å². The summed E-state index contributed by atoms with van der Waals surface area (Å²) in [7, 11) is 0. The minimum atomic E-state index is 0.0637. The SMILES string of the molecule is NCC(=O)c1[nH]ccc1C1C2CC3CC(C2)CC1C3. The quantitative estimate of drug-likeness (QED) is 0.819. The van der Waals surface area contributed by atoms with E-state index in [0.29, 0.717) is 5.92 Å². The number of ketones is 1. The Hall–Kier alpha value is -1.09. The van der Waals surface area contributed by atoms with Crippen LogP contribution in [0.15, 0.2) is 12.3 Å². The molecule has 0 amide bonds. The van der Waals surface area contributed by atoms with Gasteiger partial charge in [0.05, 0.1) is 12.2 Å². The van der Waals surface area contributed by atoms with Crippen LogP contribution in [0.2, 0.25) is 0 Å². The number of H-pyrrole nitrogens is 1. The summed E-state index contributed by atoms with van der Waals surface area (Å²) in [6.45, 7) is 0.112. The van der Waals surface area contributed by atoms with Gasteiger partial charge in [0.2, 0.25) is 0 Å². The molecular weight excluding hydrogens is 236 g/mol. The number of carbonyl (C=O) groups is 1. The Morgan fingerprint density at radius 2 is 1.79 bits per heavy atom. The van der Waals surface area contributed by atoms with Gasteiger partial charge in [-0.05, 0) is 73.3 Å². The summed E-state index contributed by atoms with van der Waals surface area (Å²) in [5, 5.41) is 0. The largest absolute Gasteiger partial charge is 0.359 e. The van der Waals surface area contributed by atoms with E-state index in [1.54, 1.807) is 0 Å². The van der Waals surface area contributed by atoms with E-state index in [0.717, 1.165) is 29.4 Å². The van der Waals surface area contributed by atoms with Gasteiger partial charge in [0, 0.05) is 6.20 Å². The summed E-state index contributed by atoms with van der Waals surface area (Å²) in [4.78, 5) is 15.1. The molecule has 0 spiro atoms. The number of rotatable bonds is 3. The molecule has 4 bridgehead atoms. The first-order valence-electron chi connectivity index (χ1n) is 7.66. The van der Waals surface area contributed by atoms with E-state index in [2.05, 4.69) is 11.1 Å². The van der Waals surface area contributed by atoms with Crippen molar-refractivity contribution in [2.75, 3.05) is 6.54 Å². The van der Waals surface area contributed by atoms with Crippen molar-refractivity contribution in [3.8, 4) is 0 Å². The van der Waals surface area contributed by atoms with Crippen LogP contribution in [0.25, 0.3) is 0 Å². The second-order valence-corrected chi connectivity index (χ2v) is 6.89. The van der Waals surface area contributed by atoms with Crippen LogP contribution in [0.3, 0.4) is 0 Å². The third kappa shape index (κ3) is 1.71. The Labute approximate surface area is 114 Å². The summed E-state index contributed by atoms with van der Waals surface area (Å²) in [5.74, 6) is 4.27. The van der Waals surface area contributed by atoms with Crippen molar-refractivity contribution < 1.29 is 4.79 Å². The molecule has 3 heteroatoms. The monoisotopic (exact) mass is 258 g/mol. The lowest BCUT2D eigenvalue weighted by Gasteiger charge is -2.54. The van der Waals surface area contributed by atoms with Gasteiger partial charge in [-0.25, -0.2) is 0 Å². The molecule has 0 radical (unpaired) electrons. The number of carbonyl (C=O) groups excluding carboxylic acids is 1. The fourth-order valence-electron chi connectivity index (χ4n) is 5.44. The number of nitrogens with one attached hydrogen (secondary N) is 1. The average Bonchev–Trinajstić information content (AvgIpc) is 2.85. The van der Waals surface area contributed by atoms with Gasteiger partial charge in [0.25, 0.3) is 0 Å². The zero-order valence-electron chi connectivity index (χ0n) is 11.3. The highest BCUT2D eigenvalue weighted by molar-refractivity contribution is 5.97. The molecule has 0 atom stereocenters. The van der Waals surface area contributed by atoms with Crippen molar-refractivity contribution in [3.05, 3.63) is 23.5 Å². The molecule has 3 N–H and O–H groups in total. The highest BCUT2D eigenvalue weighted by Gasteiger charge is 2.49. The van der Waals surface area contributed by atoms with Gasteiger partial charge in [-0.3, -0.25) is 4.79 Å². The average molecular weight is 258 g/mol. The summed E-state index contributed by atoms with van der Waals surface area (Å²) >= 11 is 0. The number of aromatic amines is 1. The second kappa shape index (κ2) is 4.20. The molecule has 0 unspecified atom stereocenters. The minimum Gasteiger partial charge on any atom is -0.359 e. The van der Waals surface area contributed by atoms with Crippen molar-refractivity contribution in [3.63, 3.8) is 0 Å². The molecule has 19 heavy (non-hydrogen) atoms. The van der Waals surface area contributed by atoms with E-state index in [1.807, 2.05) is 6.20 Å². The molecule has 1 aromatic heterocycles. The molecule has 102 valence electrons. The van der Waals surface area contributed by atoms with Crippen LogP contribution in [0, 0.1) is 23.7 Å². The van der Waals surface area contributed by atoms with E-state index >= 15 is 0 Å². The molecule has 1 aromatic rings. The summed E-state index contributed by atoms with van der Waals surface area (Å²) < 4.78 is 0. The first-order valence-corrected chi connectivity index (χ1v) is 7.66. The highest BCUT2D eigenvalue weighted by atomic mass is 16.1. The zero-order chi connectivity index (χ0) is 13.0. The molecule has 1 heterocycles. The molecule has 4 aliphatic rings. The summed E-state index contributed by atoms with van der Waals surface area (Å²) in [5.41, 5.74) is 7.60. The van der Waals surface area contributed by atoms with Gasteiger partial charge in [-0.15, -0.1) is 0 Å². The van der Waals surface area contributed by atoms with Crippen molar-refractivity contribution in [1.29, 1.82) is 0 Å². The normalized spacial score (nSPS) is 39.7. The fraction of sp³-hybridized carbons (Fsp3) is 0.688. The third-order valence-electron chi connectivity index (χ3n) is 5.83. The van der Waals surface area contributed by atoms with E-state index in [-0.39, 0.29) is 12.3 Å². The number of hydrogen-bond donors (Lipinski definition) is 2. The Kier molecular flexibility index (Phi) is 2.59. The van der Waals surface area contributed by atoms with Crippen LogP contribution in [-0.4, -0.2) is 17.3 Å². The molecule has 4 saturated carbocycles. The minimum absolute atomic E-state index is 0.0637. The first-order chi connectivity index (χ1) is 9.26. The lowest BCUT2D eigenvalue weighted by molar-refractivity contribution is -0.00293. The fourth-order valence-corrected chi connectivity index (χ4v) is 5.44. The van der Waals surface area contributed by atoms with E-state index in [1.165, 1.54) is 37.7 Å². The van der Waals surface area contributed by atoms with Crippen molar-refractivity contribution in [1.82, 2.24) is 4.98 Å². The van der Waals surface area contributed by atoms with Crippen LogP contribution < -0.4 is 5.73 Å². The van der Waals surface area contributed by atoms with Crippen LogP contribution in [0.4, 0.5) is 0 Å². The van der Waals surface area contributed by atoms with Gasteiger partial charge in [0.15, 0.2) is 5.78 Å². The molecule has 0 aliphatic heterocycles. The van der Waals surface area contributed by atoms with Crippen molar-refractivity contribution >= 4 is 5.78 Å². The number of hydrogen-bond acceptors (Lipinski definition) is 2. The Morgan fingerprint density at radius 3 is 2.37 bits per heavy atom. The molecule has 3 nitrogen and oxygen atoms in total. The molecule has 0 aromatic carbocycles. The predicted octanol–water partition coefficient (Wildman–Crippen LogP) is 2.70. The maximum Gasteiger partial charge on any atom is 0.192 e. The predicted molar refractivity (Wildman–Crippen MR) is 74.0 cm³/mol. The number of aromatic nitrogens is 1. The van der Waals surface area contributed by atoms with Crippen molar-refractivity contribution in [2.24, 2.45) is 29.4 Å². The zero-order valence-corrected chi connectivity index (χ0v) is 11.3. The number of Topliss-reactive ketones (excluding diaryl/α,β-unsaturated/α-hetero) is 1. The van der Waals surface area contributed by atoms with Crippen LogP contribution in [0.5, 0.6) is 0 Å². The van der Waals surface area contributed by atoms with E-state index < -0.39 is 0 Å². The molecule has 4 aliphatic carbocycles. The topological polar surface area (TPSA) is 58.9 Å². The van der Waals surface area contributed by atoms with Crippen LogP contribution in [-0.2, 0) is 0 Å². The molecular formula is C16H22N2O. The van der Waals surface area contributed by atoms with Gasteiger partial charge < -0.3 is 10.7 Å². The third-order valence-corrected chi connectivity index (χ3v) is 5.83. The highest BCUT2D eigenvalue weighted by Crippen LogP contribution is 2.60. The smallest absolute Gasteiger partial charge is 0.192 e. The Morgan fingerprint density at radius 1 is 1.16 bits per heavy atom. The Bertz CT molecular complexity index is 477. The number of nitrogens with two attached hydrogens (primary N) is 1. The van der Waals surface area contributed by atoms with Crippen molar-refractivity contribution in [2.45, 2.75) is 38.0 Å². The molecule has 4 fully saturated rings. The van der Waals surface area contributed by atoms with Gasteiger partial charge >= 0.3 is 0 Å². The maximum atomic E-state index is 12.0. The standard InChI is InChI=1S/C16H22N2O/c17-8-14(19)16-13(1-2-18-16)15-11-4-9-3-10(6-11)7-12(15)5-9/h1-2,9-12,15,18H,3-8,17H2. The van der Waals surface area contributed by atoms with E-state index in [4.69, 9.17) is 5.73 Å². The van der Waals surface area contributed by atoms with E-state index in [9.17, 15) is 4.79 Å². The van der Waals surface area contributed by atoms with Crippen LogP contribution >= 0.6 is 0 Å². The maximum absolute atomic E-state index is 12.0. The Balaban J connectivity index is 1.69. The van der Waals surface area contributed by atoms with Crippen LogP contribution in [0.1, 0.15) is 54.1 Å². The second-order valence-electron chi connectivity index (χ2n) is 6.89. The molecule has 0 saturated heterocycles. The molecule has 5 rings (SSSR count).